The van der Waals surface area contributed by atoms with Crippen LogP contribution in [-0.2, 0) is 19.1 Å². The predicted octanol–water partition coefficient (Wildman–Crippen LogP) is 7.11. The Morgan fingerprint density at radius 2 is 2.00 bits per heavy atom. The Kier molecular flexibility index (Phi) is 7.79. The smallest absolute Gasteiger partial charge is 0.306 e. The third kappa shape index (κ3) is 4.85. The first kappa shape index (κ1) is 27.8. The summed E-state index contributed by atoms with van der Waals surface area (Å²) in [6, 6.07) is 0. The van der Waals surface area contributed by atoms with Crippen LogP contribution in [0.15, 0.2) is 23.0 Å². The number of ether oxygens (including phenoxy) is 2. The van der Waals surface area contributed by atoms with Crippen molar-refractivity contribution in [3.05, 3.63) is 23.0 Å². The van der Waals surface area contributed by atoms with Gasteiger partial charge in [-0.2, -0.15) is 0 Å². The van der Waals surface area contributed by atoms with Gasteiger partial charge in [0.1, 0.15) is 12.2 Å². The lowest BCUT2D eigenvalue weighted by Crippen LogP contribution is -2.50. The van der Waals surface area contributed by atoms with E-state index >= 15 is 0 Å². The average molecular weight is 526 g/mol. The van der Waals surface area contributed by atoms with Crippen molar-refractivity contribution in [1.82, 2.24) is 5.32 Å². The van der Waals surface area contributed by atoms with E-state index in [-0.39, 0.29) is 23.4 Å². The largest absolute Gasteiger partial charge is 0.494 e. The highest BCUT2D eigenvalue weighted by atomic mass is 16.5. The Hall–Kier alpha value is -1.78. The molecule has 0 radical (unpaired) electrons. The number of allylic oxidation sites excluding steroid dienone is 2. The molecule has 0 aromatic rings. The molecule has 5 rings (SSSR count). The van der Waals surface area contributed by atoms with Crippen LogP contribution in [0.1, 0.15) is 112 Å². The molecule has 5 nitrogen and oxygen atoms in total. The van der Waals surface area contributed by atoms with E-state index in [4.69, 9.17) is 9.47 Å². The van der Waals surface area contributed by atoms with Gasteiger partial charge in [0.15, 0.2) is 0 Å². The van der Waals surface area contributed by atoms with Crippen LogP contribution >= 0.6 is 0 Å². The maximum Gasteiger partial charge on any atom is 0.306 e. The summed E-state index contributed by atoms with van der Waals surface area (Å²) in [6.45, 7) is 14.0. The molecule has 0 aromatic carbocycles. The Labute approximate surface area is 230 Å². The summed E-state index contributed by atoms with van der Waals surface area (Å²) in [5, 5.41) is 2.96. The lowest BCUT2D eigenvalue weighted by Gasteiger charge is -2.58. The number of carbonyl (C=O) groups is 2. The molecule has 38 heavy (non-hydrogen) atoms. The number of rotatable bonds is 8. The lowest BCUT2D eigenvalue weighted by atomic mass is 9.47. The van der Waals surface area contributed by atoms with Crippen LogP contribution in [0.4, 0.5) is 0 Å². The second kappa shape index (κ2) is 10.7. The molecule has 0 aromatic heterocycles. The van der Waals surface area contributed by atoms with Crippen molar-refractivity contribution in [2.75, 3.05) is 6.54 Å². The zero-order chi connectivity index (χ0) is 27.2. The first-order valence-electron chi connectivity index (χ1n) is 15.6. The summed E-state index contributed by atoms with van der Waals surface area (Å²) in [6.07, 6.45) is 14.5. The van der Waals surface area contributed by atoms with Crippen LogP contribution in [-0.4, -0.2) is 30.6 Å². The average Bonchev–Trinajstić information content (AvgIpc) is 3.34. The molecule has 1 heterocycles. The molecule has 212 valence electrons. The van der Waals surface area contributed by atoms with Crippen molar-refractivity contribution >= 4 is 11.9 Å². The fraction of sp³-hybridized carbons (Fsp3) is 0.818. The van der Waals surface area contributed by atoms with Crippen LogP contribution in [0.3, 0.4) is 0 Å². The lowest BCUT2D eigenvalue weighted by molar-refractivity contribution is -0.151. The van der Waals surface area contributed by atoms with Crippen molar-refractivity contribution in [3.8, 4) is 0 Å². The molecule has 0 spiro atoms. The number of fused-ring (bicyclic) bond motifs is 7. The fourth-order valence-electron chi connectivity index (χ4n) is 9.56. The summed E-state index contributed by atoms with van der Waals surface area (Å²) >= 11 is 0. The van der Waals surface area contributed by atoms with Gasteiger partial charge < -0.3 is 14.8 Å². The highest BCUT2D eigenvalue weighted by Crippen LogP contribution is 2.69. The van der Waals surface area contributed by atoms with Gasteiger partial charge in [-0.3, -0.25) is 9.59 Å². The molecule has 5 heteroatoms. The van der Waals surface area contributed by atoms with Gasteiger partial charge in [0.25, 0.3) is 0 Å². The number of esters is 1. The number of hydrogen-bond donors (Lipinski definition) is 1. The molecular formula is C33H51NO4. The van der Waals surface area contributed by atoms with Gasteiger partial charge in [-0.05, 0) is 98.4 Å². The Morgan fingerprint density at radius 1 is 1.21 bits per heavy atom. The van der Waals surface area contributed by atoms with Gasteiger partial charge in [0.05, 0.1) is 5.76 Å². The number of amides is 1. The van der Waals surface area contributed by atoms with Crippen molar-refractivity contribution in [3.63, 3.8) is 0 Å². The molecule has 3 saturated carbocycles. The minimum absolute atomic E-state index is 0.0219. The van der Waals surface area contributed by atoms with E-state index in [2.05, 4.69) is 39.1 Å². The van der Waals surface area contributed by atoms with Crippen molar-refractivity contribution in [2.24, 2.45) is 40.4 Å². The number of nitrogens with one attached hydrogen (secondary N) is 1. The van der Waals surface area contributed by atoms with Gasteiger partial charge in [0.2, 0.25) is 5.91 Å². The highest BCUT2D eigenvalue weighted by Gasteiger charge is 2.63. The van der Waals surface area contributed by atoms with E-state index in [0.29, 0.717) is 29.8 Å². The van der Waals surface area contributed by atoms with Crippen LogP contribution in [0.2, 0.25) is 0 Å². The van der Waals surface area contributed by atoms with Crippen LogP contribution in [0, 0.1) is 40.4 Å². The molecular weight excluding hydrogens is 474 g/mol. The summed E-state index contributed by atoms with van der Waals surface area (Å²) in [5.41, 5.74) is 3.67. The van der Waals surface area contributed by atoms with Crippen LogP contribution in [0.25, 0.3) is 0 Å². The summed E-state index contributed by atoms with van der Waals surface area (Å²) in [5.74, 6) is 4.49. The van der Waals surface area contributed by atoms with Gasteiger partial charge in [-0.1, -0.05) is 39.3 Å². The van der Waals surface area contributed by atoms with E-state index in [1.165, 1.54) is 37.0 Å². The maximum absolute atomic E-state index is 12.1. The molecule has 9 unspecified atom stereocenters. The van der Waals surface area contributed by atoms with E-state index in [0.717, 1.165) is 62.8 Å². The molecule has 5 aliphatic rings. The molecule has 3 fully saturated rings. The molecule has 4 aliphatic carbocycles. The van der Waals surface area contributed by atoms with Gasteiger partial charge in [0, 0.05) is 38.6 Å². The number of carbonyl (C=O) groups excluding carboxylic acids is 2. The van der Waals surface area contributed by atoms with Crippen molar-refractivity contribution in [2.45, 2.75) is 124 Å². The van der Waals surface area contributed by atoms with Crippen molar-refractivity contribution in [1.29, 1.82) is 0 Å². The molecule has 0 bridgehead atoms. The molecule has 1 N–H and O–H groups in total. The fourth-order valence-corrected chi connectivity index (χ4v) is 9.56. The number of hydrogen-bond acceptors (Lipinski definition) is 4. The van der Waals surface area contributed by atoms with E-state index < -0.39 is 0 Å². The second-order valence-electron chi connectivity index (χ2n) is 14.0. The second-order valence-corrected chi connectivity index (χ2v) is 14.0. The van der Waals surface area contributed by atoms with Crippen molar-refractivity contribution < 1.29 is 19.1 Å². The predicted molar refractivity (Wildman–Crippen MR) is 150 cm³/mol. The van der Waals surface area contributed by atoms with Gasteiger partial charge in [-0.25, -0.2) is 0 Å². The summed E-state index contributed by atoms with van der Waals surface area (Å²) in [7, 11) is 0. The summed E-state index contributed by atoms with van der Waals surface area (Å²) < 4.78 is 12.6. The van der Waals surface area contributed by atoms with Gasteiger partial charge in [-0.15, -0.1) is 0 Å². The van der Waals surface area contributed by atoms with E-state index in [1.807, 2.05) is 6.92 Å². The third-order valence-corrected chi connectivity index (χ3v) is 11.6. The first-order chi connectivity index (χ1) is 18.1. The van der Waals surface area contributed by atoms with Gasteiger partial charge >= 0.3 is 5.97 Å². The monoisotopic (exact) mass is 525 g/mol. The van der Waals surface area contributed by atoms with Crippen LogP contribution < -0.4 is 5.32 Å². The SMILES string of the molecule is CCCC(=O)OC1CCC2(C)C(=CCC3C2CCC2(C)C3CC3OC(CCC(C)CNC(C)=O)=C(C)C32)C1. The third-order valence-electron chi connectivity index (χ3n) is 11.6. The maximum atomic E-state index is 12.1. The Balaban J connectivity index is 1.26. The van der Waals surface area contributed by atoms with Crippen LogP contribution in [0.5, 0.6) is 0 Å². The Morgan fingerprint density at radius 3 is 2.74 bits per heavy atom. The Bertz CT molecular complexity index is 999. The van der Waals surface area contributed by atoms with E-state index in [9.17, 15) is 9.59 Å². The van der Waals surface area contributed by atoms with E-state index in [1.54, 1.807) is 12.5 Å². The first-order valence-corrected chi connectivity index (χ1v) is 15.6. The standard InChI is InChI=1S/C33H51NO4/c1-7-8-30(36)37-24-13-15-32(5)23(17-24)10-11-25-26(32)14-16-33(6)27(25)18-29-31(33)21(3)28(38-29)12-9-20(2)19-34-22(4)35/h10,20,24-27,29,31H,7-9,11-19H2,1-6H3,(H,34,35). The normalized spacial score (nSPS) is 40.2. The topological polar surface area (TPSA) is 64.6 Å². The minimum atomic E-state index is -0.0219. The zero-order valence-corrected chi connectivity index (χ0v) is 24.7. The molecule has 1 aliphatic heterocycles. The molecule has 9 atom stereocenters. The molecule has 1 amide bonds. The summed E-state index contributed by atoms with van der Waals surface area (Å²) in [4.78, 5) is 23.4. The highest BCUT2D eigenvalue weighted by molar-refractivity contribution is 5.72. The molecule has 0 saturated heterocycles. The quantitative estimate of drug-likeness (QED) is 0.271. The zero-order valence-electron chi connectivity index (χ0n) is 24.7. The minimum Gasteiger partial charge on any atom is -0.494 e.